The summed E-state index contributed by atoms with van der Waals surface area (Å²) >= 11 is 1.62. The van der Waals surface area contributed by atoms with E-state index < -0.39 is 18.2 Å². The zero-order valence-corrected chi connectivity index (χ0v) is 22.1. The van der Waals surface area contributed by atoms with Crippen molar-refractivity contribution in [2.45, 2.75) is 85.7 Å². The lowest BCUT2D eigenvalue weighted by atomic mass is 9.85. The van der Waals surface area contributed by atoms with Gasteiger partial charge in [-0.1, -0.05) is 52.8 Å². The van der Waals surface area contributed by atoms with Crippen molar-refractivity contribution in [1.29, 1.82) is 0 Å². The van der Waals surface area contributed by atoms with Crippen LogP contribution in [0.3, 0.4) is 0 Å². The maximum atomic E-state index is 13.5. The third kappa shape index (κ3) is 6.03. The van der Waals surface area contributed by atoms with Gasteiger partial charge in [0.25, 0.3) is 0 Å². The highest BCUT2D eigenvalue weighted by Gasteiger charge is 2.43. The molecule has 1 saturated heterocycles. The number of aryl methyl sites for hydroxylation is 2. The van der Waals surface area contributed by atoms with Crippen LogP contribution in [-0.2, 0) is 16.1 Å². The molecule has 0 bridgehead atoms. The van der Waals surface area contributed by atoms with Gasteiger partial charge in [-0.25, -0.2) is 4.98 Å². The number of aromatic nitrogens is 1. The summed E-state index contributed by atoms with van der Waals surface area (Å²) in [5, 5.41) is 16.7. The normalized spacial score (nSPS) is 19.5. The van der Waals surface area contributed by atoms with Gasteiger partial charge in [-0.2, -0.15) is 0 Å². The molecular formula is C26H38N4O3S. The van der Waals surface area contributed by atoms with Crippen molar-refractivity contribution >= 4 is 23.2 Å². The molecule has 1 fully saturated rings. The summed E-state index contributed by atoms with van der Waals surface area (Å²) in [4.78, 5) is 33.6. The average molecular weight is 487 g/mol. The molecule has 0 saturated carbocycles. The average Bonchev–Trinajstić information content (AvgIpc) is 3.35. The van der Waals surface area contributed by atoms with Gasteiger partial charge in [-0.05, 0) is 36.0 Å². The molecule has 3 rings (SSSR count). The number of nitrogens with one attached hydrogen (secondary N) is 2. The molecule has 8 heteroatoms. The summed E-state index contributed by atoms with van der Waals surface area (Å²) in [6.45, 7) is 14.6. The first-order chi connectivity index (χ1) is 15.9. The second-order valence-electron chi connectivity index (χ2n) is 10.6. The molecule has 3 N–H and O–H groups in total. The van der Waals surface area contributed by atoms with Crippen molar-refractivity contribution in [3.05, 3.63) is 40.5 Å². The molecule has 34 heavy (non-hydrogen) atoms. The van der Waals surface area contributed by atoms with E-state index >= 15 is 0 Å². The van der Waals surface area contributed by atoms with Crippen molar-refractivity contribution in [1.82, 2.24) is 20.5 Å². The molecule has 2 amide bonds. The lowest BCUT2D eigenvalue weighted by Gasteiger charge is -2.36. The van der Waals surface area contributed by atoms with Crippen LogP contribution in [0.25, 0.3) is 10.4 Å². The molecule has 0 spiro atoms. The van der Waals surface area contributed by atoms with E-state index in [0.29, 0.717) is 6.54 Å². The van der Waals surface area contributed by atoms with E-state index in [-0.39, 0.29) is 36.2 Å². The Hall–Kier alpha value is -2.29. The van der Waals surface area contributed by atoms with Crippen molar-refractivity contribution in [3.63, 3.8) is 0 Å². The molecule has 3 atom stereocenters. The quantitative estimate of drug-likeness (QED) is 0.558. The van der Waals surface area contributed by atoms with Crippen LogP contribution in [0.5, 0.6) is 0 Å². The first-order valence-corrected chi connectivity index (χ1v) is 12.8. The molecule has 7 nitrogen and oxygen atoms in total. The number of aliphatic hydroxyl groups is 1. The molecule has 2 aromatic rings. The minimum absolute atomic E-state index is 0.118. The highest BCUT2D eigenvalue weighted by atomic mass is 32.1. The van der Waals surface area contributed by atoms with Gasteiger partial charge in [0.15, 0.2) is 0 Å². The zero-order valence-electron chi connectivity index (χ0n) is 21.3. The van der Waals surface area contributed by atoms with Crippen LogP contribution in [0.1, 0.15) is 57.9 Å². The third-order valence-corrected chi connectivity index (χ3v) is 7.26. The predicted octanol–water partition coefficient (Wildman–Crippen LogP) is 3.42. The number of rotatable bonds is 7. The Kier molecular flexibility index (Phi) is 8.16. The zero-order chi connectivity index (χ0) is 25.2. The van der Waals surface area contributed by atoms with Crippen molar-refractivity contribution in [2.75, 3.05) is 6.54 Å². The van der Waals surface area contributed by atoms with Crippen LogP contribution in [-0.4, -0.2) is 57.6 Å². The van der Waals surface area contributed by atoms with Gasteiger partial charge < -0.3 is 20.6 Å². The van der Waals surface area contributed by atoms with Crippen LogP contribution >= 0.6 is 11.3 Å². The highest BCUT2D eigenvalue weighted by molar-refractivity contribution is 7.13. The number of nitrogens with zero attached hydrogens (tertiary/aromatic N) is 2. The number of aliphatic hydroxyl groups excluding tert-OH is 1. The van der Waals surface area contributed by atoms with E-state index in [0.717, 1.165) is 27.3 Å². The lowest BCUT2D eigenvalue weighted by Crippen LogP contribution is -2.57. The SMILES string of the molecule is Cc1cc(-c2scnc2C)ccc1CNC(=O)[C@@H]1C[C@@H](O)CN1C(=O)[C@@H](NC(C)C)C(C)(C)C. The summed E-state index contributed by atoms with van der Waals surface area (Å²) in [5.74, 6) is -0.373. The van der Waals surface area contributed by atoms with Crippen molar-refractivity contribution in [2.24, 2.45) is 5.41 Å². The topological polar surface area (TPSA) is 94.6 Å². The first kappa shape index (κ1) is 26.3. The lowest BCUT2D eigenvalue weighted by molar-refractivity contribution is -0.142. The van der Waals surface area contributed by atoms with Gasteiger partial charge >= 0.3 is 0 Å². The molecule has 0 radical (unpaired) electrons. The van der Waals surface area contributed by atoms with Gasteiger partial charge in [0, 0.05) is 25.6 Å². The van der Waals surface area contributed by atoms with E-state index in [9.17, 15) is 14.7 Å². The largest absolute Gasteiger partial charge is 0.391 e. The van der Waals surface area contributed by atoms with Crippen LogP contribution in [0.2, 0.25) is 0 Å². The van der Waals surface area contributed by atoms with Gasteiger partial charge in [0.05, 0.1) is 28.2 Å². The second-order valence-corrected chi connectivity index (χ2v) is 11.5. The smallest absolute Gasteiger partial charge is 0.243 e. The van der Waals surface area contributed by atoms with Gasteiger partial charge in [-0.15, -0.1) is 11.3 Å². The number of carbonyl (C=O) groups excluding carboxylic acids is 2. The van der Waals surface area contributed by atoms with E-state index in [4.69, 9.17) is 0 Å². The number of benzene rings is 1. The van der Waals surface area contributed by atoms with E-state index in [1.807, 2.05) is 60.0 Å². The summed E-state index contributed by atoms with van der Waals surface area (Å²) in [5.41, 5.74) is 5.75. The van der Waals surface area contributed by atoms with Gasteiger partial charge in [0.2, 0.25) is 11.8 Å². The van der Waals surface area contributed by atoms with Crippen LogP contribution < -0.4 is 10.6 Å². The van der Waals surface area contributed by atoms with E-state index in [1.165, 1.54) is 0 Å². The Morgan fingerprint density at radius 1 is 1.26 bits per heavy atom. The second kappa shape index (κ2) is 10.5. The maximum absolute atomic E-state index is 13.5. The fourth-order valence-electron chi connectivity index (χ4n) is 4.41. The maximum Gasteiger partial charge on any atom is 0.243 e. The number of hydrogen-bond acceptors (Lipinski definition) is 6. The van der Waals surface area contributed by atoms with Crippen molar-refractivity contribution < 1.29 is 14.7 Å². The Morgan fingerprint density at radius 3 is 2.53 bits per heavy atom. The summed E-state index contributed by atoms with van der Waals surface area (Å²) < 4.78 is 0. The molecule has 2 heterocycles. The van der Waals surface area contributed by atoms with Crippen LogP contribution in [0, 0.1) is 19.3 Å². The number of β-amino-alcohol motifs (C(OH)–C–C–N with tert-alkyl or cyclic N) is 1. The number of carbonyl (C=O) groups is 2. The molecule has 1 aliphatic heterocycles. The Balaban J connectivity index is 1.71. The monoisotopic (exact) mass is 486 g/mol. The fraction of sp³-hybridized carbons (Fsp3) is 0.577. The van der Waals surface area contributed by atoms with E-state index in [2.05, 4.69) is 27.8 Å². The standard InChI is InChI=1S/C26H38N4O3S/c1-15(2)29-23(26(5,6)7)25(33)30-13-20(31)11-21(30)24(32)27-12-19-9-8-18(10-16(19)3)22-17(4)28-14-34-22/h8-10,14-15,20-21,23,29,31H,11-13H2,1-7H3,(H,27,32)/t20-,21+,23-/m1/s1. The van der Waals surface area contributed by atoms with Gasteiger partial charge in [0.1, 0.15) is 6.04 Å². The Labute approximate surface area is 207 Å². The summed E-state index contributed by atoms with van der Waals surface area (Å²) in [6, 6.07) is 5.18. The molecule has 186 valence electrons. The van der Waals surface area contributed by atoms with Crippen LogP contribution in [0.4, 0.5) is 0 Å². The number of amides is 2. The third-order valence-electron chi connectivity index (χ3n) is 6.28. The summed E-state index contributed by atoms with van der Waals surface area (Å²) in [7, 11) is 0. The minimum Gasteiger partial charge on any atom is -0.391 e. The molecule has 1 aromatic heterocycles. The van der Waals surface area contributed by atoms with Gasteiger partial charge in [-0.3, -0.25) is 9.59 Å². The highest BCUT2D eigenvalue weighted by Crippen LogP contribution is 2.29. The first-order valence-electron chi connectivity index (χ1n) is 11.9. The minimum atomic E-state index is -0.706. The molecule has 1 aromatic carbocycles. The number of hydrogen-bond donors (Lipinski definition) is 3. The molecular weight excluding hydrogens is 448 g/mol. The molecule has 1 aliphatic rings. The van der Waals surface area contributed by atoms with Crippen LogP contribution in [0.15, 0.2) is 23.7 Å². The Bertz CT molecular complexity index is 1030. The van der Waals surface area contributed by atoms with Crippen molar-refractivity contribution in [3.8, 4) is 10.4 Å². The number of thiazole rings is 1. The molecule has 0 aliphatic carbocycles. The number of likely N-dealkylation sites (tertiary alicyclic amines) is 1. The fourth-order valence-corrected chi connectivity index (χ4v) is 5.21. The van der Waals surface area contributed by atoms with E-state index in [1.54, 1.807) is 16.2 Å². The molecule has 0 unspecified atom stereocenters. The summed E-state index contributed by atoms with van der Waals surface area (Å²) in [6.07, 6.45) is -0.457. The predicted molar refractivity (Wildman–Crippen MR) is 137 cm³/mol. The Morgan fingerprint density at radius 2 is 1.97 bits per heavy atom.